The third kappa shape index (κ3) is 3.91. The Morgan fingerprint density at radius 1 is 1.63 bits per heavy atom. The van der Waals surface area contributed by atoms with Crippen molar-refractivity contribution >= 4 is 5.97 Å². The molecule has 0 amide bonds. The van der Waals surface area contributed by atoms with Gasteiger partial charge in [0.2, 0.25) is 0 Å². The van der Waals surface area contributed by atoms with Gasteiger partial charge in [-0.3, -0.25) is 9.69 Å². The summed E-state index contributed by atoms with van der Waals surface area (Å²) in [5, 5.41) is 12.5. The predicted octanol–water partition coefficient (Wildman–Crippen LogP) is 1.33. The Balaban J connectivity index is 2.66. The molecule has 0 radical (unpaired) electrons. The summed E-state index contributed by atoms with van der Waals surface area (Å²) < 4.78 is 5.59. The van der Waals surface area contributed by atoms with Crippen molar-refractivity contribution in [3.05, 3.63) is 0 Å². The summed E-state index contributed by atoms with van der Waals surface area (Å²) in [6, 6.07) is 0.573. The largest absolute Gasteiger partial charge is 0.480 e. The third-order valence-corrected chi connectivity index (χ3v) is 4.30. The Labute approximate surface area is 116 Å². The SMILES string of the molecule is CCNC(C)(CC(C)N(C)C1CCOC1C)C(=O)O. The maximum atomic E-state index is 11.4. The number of aliphatic carboxylic acids is 1. The third-order valence-electron chi connectivity index (χ3n) is 4.30. The summed E-state index contributed by atoms with van der Waals surface area (Å²) in [6.45, 7) is 9.32. The lowest BCUT2D eigenvalue weighted by Gasteiger charge is -2.37. The molecule has 0 aromatic rings. The van der Waals surface area contributed by atoms with Crippen LogP contribution in [0.25, 0.3) is 0 Å². The van der Waals surface area contributed by atoms with Crippen LogP contribution in [0.2, 0.25) is 0 Å². The van der Waals surface area contributed by atoms with Crippen LogP contribution < -0.4 is 5.32 Å². The van der Waals surface area contributed by atoms with Crippen molar-refractivity contribution < 1.29 is 14.6 Å². The van der Waals surface area contributed by atoms with E-state index in [1.165, 1.54) is 0 Å². The average molecular weight is 272 g/mol. The van der Waals surface area contributed by atoms with Crippen LogP contribution in [0.3, 0.4) is 0 Å². The second kappa shape index (κ2) is 6.68. The first-order chi connectivity index (χ1) is 8.81. The quantitative estimate of drug-likeness (QED) is 0.732. The van der Waals surface area contributed by atoms with E-state index >= 15 is 0 Å². The van der Waals surface area contributed by atoms with Gasteiger partial charge in [0.05, 0.1) is 6.10 Å². The molecular weight excluding hydrogens is 244 g/mol. The minimum atomic E-state index is -0.870. The Morgan fingerprint density at radius 3 is 2.68 bits per heavy atom. The number of carboxylic acids is 1. The van der Waals surface area contributed by atoms with E-state index in [2.05, 4.69) is 31.1 Å². The Hall–Kier alpha value is -0.650. The van der Waals surface area contributed by atoms with Gasteiger partial charge >= 0.3 is 5.97 Å². The first kappa shape index (κ1) is 16.4. The van der Waals surface area contributed by atoms with Gasteiger partial charge in [0.15, 0.2) is 0 Å². The number of likely N-dealkylation sites (N-methyl/N-ethyl adjacent to an activating group) is 2. The fourth-order valence-corrected chi connectivity index (χ4v) is 2.94. The van der Waals surface area contributed by atoms with Crippen molar-refractivity contribution in [3.63, 3.8) is 0 Å². The molecular formula is C14H28N2O3. The Kier molecular flexibility index (Phi) is 5.77. The molecule has 4 atom stereocenters. The van der Waals surface area contributed by atoms with Crippen LogP contribution in [-0.2, 0) is 9.53 Å². The number of carboxylic acid groups (broad SMARTS) is 1. The number of rotatable bonds is 7. The minimum absolute atomic E-state index is 0.189. The van der Waals surface area contributed by atoms with Crippen LogP contribution in [0.5, 0.6) is 0 Å². The molecule has 1 saturated heterocycles. The lowest BCUT2D eigenvalue weighted by atomic mass is 9.92. The van der Waals surface area contributed by atoms with E-state index in [0.717, 1.165) is 13.0 Å². The molecule has 1 fully saturated rings. The molecule has 2 N–H and O–H groups in total. The van der Waals surface area contributed by atoms with E-state index in [1.807, 2.05) is 6.92 Å². The first-order valence-electron chi connectivity index (χ1n) is 7.13. The highest BCUT2D eigenvalue weighted by Gasteiger charge is 2.37. The van der Waals surface area contributed by atoms with E-state index < -0.39 is 11.5 Å². The molecule has 1 aliphatic rings. The molecule has 1 aliphatic heterocycles. The van der Waals surface area contributed by atoms with Gasteiger partial charge in [0, 0.05) is 18.7 Å². The van der Waals surface area contributed by atoms with Gasteiger partial charge in [-0.15, -0.1) is 0 Å². The lowest BCUT2D eigenvalue weighted by molar-refractivity contribution is -0.145. The summed E-state index contributed by atoms with van der Waals surface area (Å²) in [5.41, 5.74) is -0.870. The van der Waals surface area contributed by atoms with Crippen LogP contribution in [-0.4, -0.2) is 59.9 Å². The molecule has 19 heavy (non-hydrogen) atoms. The maximum absolute atomic E-state index is 11.4. The van der Waals surface area contributed by atoms with Gasteiger partial charge in [0.25, 0.3) is 0 Å². The van der Waals surface area contributed by atoms with Crippen LogP contribution >= 0.6 is 0 Å². The van der Waals surface area contributed by atoms with Crippen LogP contribution in [0.15, 0.2) is 0 Å². The van der Waals surface area contributed by atoms with Gasteiger partial charge in [-0.1, -0.05) is 6.92 Å². The molecule has 0 saturated carbocycles. The fraction of sp³-hybridized carbons (Fsp3) is 0.929. The van der Waals surface area contributed by atoms with E-state index in [1.54, 1.807) is 6.92 Å². The number of nitrogens with one attached hydrogen (secondary N) is 1. The number of hydrogen-bond acceptors (Lipinski definition) is 4. The molecule has 0 aromatic heterocycles. The van der Waals surface area contributed by atoms with Crippen molar-refractivity contribution in [2.45, 2.75) is 64.3 Å². The summed E-state index contributed by atoms with van der Waals surface area (Å²) in [6.07, 6.45) is 1.82. The highest BCUT2D eigenvalue weighted by atomic mass is 16.5. The standard InChI is InChI=1S/C14H28N2O3/c1-6-15-14(4,13(17)18)9-10(2)16(5)12-7-8-19-11(12)3/h10-12,15H,6-9H2,1-5H3,(H,17,18). The Bertz CT molecular complexity index is 311. The van der Waals surface area contributed by atoms with Gasteiger partial charge in [0.1, 0.15) is 5.54 Å². The number of nitrogens with zero attached hydrogens (tertiary/aromatic N) is 1. The number of carbonyl (C=O) groups is 1. The lowest BCUT2D eigenvalue weighted by Crippen LogP contribution is -2.54. The maximum Gasteiger partial charge on any atom is 0.323 e. The monoisotopic (exact) mass is 272 g/mol. The summed E-state index contributed by atoms with van der Waals surface area (Å²) in [5.74, 6) is -0.787. The van der Waals surface area contributed by atoms with Gasteiger partial charge in [-0.05, 0) is 47.2 Å². The van der Waals surface area contributed by atoms with Gasteiger partial charge in [-0.25, -0.2) is 0 Å². The molecule has 0 aromatic carbocycles. The van der Waals surface area contributed by atoms with E-state index in [-0.39, 0.29) is 12.1 Å². The van der Waals surface area contributed by atoms with Crippen molar-refractivity contribution in [1.29, 1.82) is 0 Å². The zero-order valence-corrected chi connectivity index (χ0v) is 12.8. The zero-order valence-electron chi connectivity index (χ0n) is 12.8. The van der Waals surface area contributed by atoms with Crippen LogP contribution in [0, 0.1) is 0 Å². The molecule has 0 aliphatic carbocycles. The number of ether oxygens (including phenoxy) is 1. The van der Waals surface area contributed by atoms with Crippen molar-refractivity contribution in [2.75, 3.05) is 20.2 Å². The zero-order chi connectivity index (χ0) is 14.6. The smallest absolute Gasteiger partial charge is 0.323 e. The summed E-state index contributed by atoms with van der Waals surface area (Å²) in [4.78, 5) is 13.7. The van der Waals surface area contributed by atoms with Crippen LogP contribution in [0.4, 0.5) is 0 Å². The highest BCUT2D eigenvalue weighted by molar-refractivity contribution is 5.78. The predicted molar refractivity (Wildman–Crippen MR) is 75.4 cm³/mol. The molecule has 1 rings (SSSR count). The second-order valence-corrected chi connectivity index (χ2v) is 5.82. The summed E-state index contributed by atoms with van der Waals surface area (Å²) >= 11 is 0. The highest BCUT2D eigenvalue weighted by Crippen LogP contribution is 2.24. The van der Waals surface area contributed by atoms with Crippen molar-refractivity contribution in [1.82, 2.24) is 10.2 Å². The van der Waals surface area contributed by atoms with Crippen LogP contribution in [0.1, 0.15) is 40.5 Å². The topological polar surface area (TPSA) is 61.8 Å². The Morgan fingerprint density at radius 2 is 2.26 bits per heavy atom. The molecule has 4 unspecified atom stereocenters. The average Bonchev–Trinajstić information content (AvgIpc) is 2.74. The number of hydrogen-bond donors (Lipinski definition) is 2. The molecule has 1 heterocycles. The molecule has 112 valence electrons. The minimum Gasteiger partial charge on any atom is -0.480 e. The van der Waals surface area contributed by atoms with E-state index in [0.29, 0.717) is 19.0 Å². The van der Waals surface area contributed by atoms with Gasteiger partial charge < -0.3 is 15.2 Å². The molecule has 5 nitrogen and oxygen atoms in total. The molecule has 0 bridgehead atoms. The van der Waals surface area contributed by atoms with E-state index in [4.69, 9.17) is 4.74 Å². The molecule has 0 spiro atoms. The van der Waals surface area contributed by atoms with Crippen molar-refractivity contribution in [2.24, 2.45) is 0 Å². The van der Waals surface area contributed by atoms with E-state index in [9.17, 15) is 9.90 Å². The fourth-order valence-electron chi connectivity index (χ4n) is 2.94. The van der Waals surface area contributed by atoms with Gasteiger partial charge in [-0.2, -0.15) is 0 Å². The van der Waals surface area contributed by atoms with Crippen molar-refractivity contribution in [3.8, 4) is 0 Å². The second-order valence-electron chi connectivity index (χ2n) is 5.82. The summed E-state index contributed by atoms with van der Waals surface area (Å²) in [7, 11) is 2.06. The first-order valence-corrected chi connectivity index (χ1v) is 7.13. The molecule has 5 heteroatoms. The normalized spacial score (nSPS) is 28.3.